The van der Waals surface area contributed by atoms with Gasteiger partial charge in [-0.05, 0) is 199 Å². The van der Waals surface area contributed by atoms with Crippen LogP contribution in [0.4, 0.5) is 0 Å². The summed E-state index contributed by atoms with van der Waals surface area (Å²) in [5, 5.41) is 1.21. The zero-order valence-corrected chi connectivity index (χ0v) is 58.4. The number of likely N-dealkylation sites (tertiary alicyclic amines) is 2. The van der Waals surface area contributed by atoms with Gasteiger partial charge in [0.25, 0.3) is 11.8 Å². The van der Waals surface area contributed by atoms with E-state index in [-0.39, 0.29) is 47.8 Å². The SMILES string of the molecule is COc1ccc2c(c1)C1CC1(C(=O)N1C3CCC1CN(C)C3)Cn1c-2c(C2CCCCC2)c2ccc(C(=O)NS(=O)(=O)C3CCC3)cc21.COc1ccc2c(c1)C1CC1(C(=O)N1C3CCC1CN(C)C3)Cn1c-2c(C2CCCCC2)c2ccc(C(=O)NS(=O)(=O)C3CCCC3)cc21. The van der Waals surface area contributed by atoms with E-state index in [1.807, 2.05) is 36.4 Å². The van der Waals surface area contributed by atoms with Crippen LogP contribution in [-0.2, 0) is 42.7 Å². The van der Waals surface area contributed by atoms with Gasteiger partial charge < -0.3 is 38.2 Å². The summed E-state index contributed by atoms with van der Waals surface area (Å²) in [5.41, 5.74) is 11.0. The molecule has 514 valence electrons. The number of fused-ring (bicyclic) bond motifs is 18. The molecule has 8 atom stereocenters. The number of carbonyl (C=O) groups is 4. The van der Waals surface area contributed by atoms with Gasteiger partial charge in [-0.1, -0.05) is 69.9 Å². The van der Waals surface area contributed by atoms with Crippen LogP contribution in [-0.4, -0.2) is 158 Å². The van der Waals surface area contributed by atoms with Crippen LogP contribution in [0.5, 0.6) is 11.5 Å². The Morgan fingerprint density at radius 1 is 0.454 bits per heavy atom. The van der Waals surface area contributed by atoms with Crippen LogP contribution < -0.4 is 18.9 Å². The molecule has 18 rings (SSSR count). The van der Waals surface area contributed by atoms with Crippen LogP contribution >= 0.6 is 0 Å². The smallest absolute Gasteiger partial charge is 0.264 e. The molecule has 4 aromatic carbocycles. The van der Waals surface area contributed by atoms with E-state index in [0.717, 1.165) is 165 Å². The predicted octanol–water partition coefficient (Wildman–Crippen LogP) is 11.9. The van der Waals surface area contributed by atoms with Crippen molar-refractivity contribution in [2.24, 2.45) is 10.8 Å². The quantitative estimate of drug-likeness (QED) is 0.118. The zero-order valence-electron chi connectivity index (χ0n) is 56.8. The monoisotopic (exact) mass is 1350 g/mol. The summed E-state index contributed by atoms with van der Waals surface area (Å²) in [6.45, 7) is 4.75. The first kappa shape index (κ1) is 63.7. The van der Waals surface area contributed by atoms with Crippen molar-refractivity contribution in [1.82, 2.24) is 38.2 Å². The van der Waals surface area contributed by atoms with E-state index in [1.54, 1.807) is 26.4 Å². The van der Waals surface area contributed by atoms with Crippen LogP contribution in [0.15, 0.2) is 72.8 Å². The minimum Gasteiger partial charge on any atom is -0.497 e. The molecule has 6 aliphatic carbocycles. The lowest BCUT2D eigenvalue weighted by Gasteiger charge is -2.41. The minimum atomic E-state index is -3.76. The van der Waals surface area contributed by atoms with Crippen molar-refractivity contribution in [1.29, 1.82) is 0 Å². The average Bonchev–Trinajstić information content (AvgIpc) is 1.52. The molecular weight excluding hydrogens is 1260 g/mol. The number of nitrogens with one attached hydrogen (secondary N) is 2. The van der Waals surface area contributed by atoms with E-state index in [1.165, 1.54) is 60.8 Å². The third-order valence-corrected chi connectivity index (χ3v) is 29.6. The van der Waals surface area contributed by atoms with Gasteiger partial charge >= 0.3 is 0 Å². The Kier molecular flexibility index (Phi) is 15.7. The van der Waals surface area contributed by atoms with E-state index in [4.69, 9.17) is 9.47 Å². The largest absolute Gasteiger partial charge is 0.497 e. The molecule has 4 saturated heterocycles. The normalized spacial score (nSPS) is 28.6. The number of sulfonamides is 2. The molecule has 6 saturated carbocycles. The van der Waals surface area contributed by atoms with Crippen LogP contribution in [0.1, 0.15) is 214 Å². The fourth-order valence-corrected chi connectivity index (χ4v) is 23.7. The first-order chi connectivity index (χ1) is 46.9. The Balaban J connectivity index is 0.000000146. The first-order valence-electron chi connectivity index (χ1n) is 36.7. The number of methoxy groups -OCH3 is 2. The molecule has 12 aliphatic rings. The predicted molar refractivity (Wildman–Crippen MR) is 374 cm³/mol. The summed E-state index contributed by atoms with van der Waals surface area (Å²) < 4.78 is 73.2. The van der Waals surface area contributed by atoms with Crippen molar-refractivity contribution in [2.45, 2.75) is 219 Å². The Labute approximate surface area is 570 Å². The van der Waals surface area contributed by atoms with Gasteiger partial charge in [0.05, 0.1) is 46.9 Å². The van der Waals surface area contributed by atoms with E-state index < -0.39 is 53.2 Å². The Bertz CT molecular complexity index is 4430. The third kappa shape index (κ3) is 10.5. The van der Waals surface area contributed by atoms with Gasteiger partial charge in [-0.15, -0.1) is 0 Å². The Morgan fingerprint density at radius 2 is 0.825 bits per heavy atom. The lowest BCUT2D eigenvalue weighted by Crippen LogP contribution is -2.57. The maximum absolute atomic E-state index is 15.0. The number of ether oxygens (including phenoxy) is 2. The van der Waals surface area contributed by atoms with Crippen molar-refractivity contribution in [2.75, 3.05) is 54.5 Å². The number of piperazine rings is 2. The van der Waals surface area contributed by atoms with Crippen molar-refractivity contribution in [3.8, 4) is 34.0 Å². The highest BCUT2D eigenvalue weighted by Gasteiger charge is 2.67. The van der Waals surface area contributed by atoms with Gasteiger partial charge in [-0.3, -0.25) is 19.2 Å². The van der Waals surface area contributed by atoms with E-state index in [2.05, 4.69) is 76.5 Å². The Morgan fingerprint density at radius 3 is 1.19 bits per heavy atom. The molecule has 4 amide bonds. The summed E-state index contributed by atoms with van der Waals surface area (Å²) in [6, 6.07) is 25.2. The number of hydrogen-bond acceptors (Lipinski definition) is 12. The van der Waals surface area contributed by atoms with Crippen molar-refractivity contribution >= 4 is 65.5 Å². The summed E-state index contributed by atoms with van der Waals surface area (Å²) in [4.78, 5) is 66.5. The molecule has 20 heteroatoms. The highest BCUT2D eigenvalue weighted by Crippen LogP contribution is 2.69. The average molecular weight is 1360 g/mol. The van der Waals surface area contributed by atoms with Crippen LogP contribution in [0.3, 0.4) is 0 Å². The minimum absolute atomic E-state index is 0.0846. The van der Waals surface area contributed by atoms with Gasteiger partial charge in [-0.25, -0.2) is 26.3 Å². The lowest BCUT2D eigenvalue weighted by molar-refractivity contribution is -0.144. The van der Waals surface area contributed by atoms with Crippen LogP contribution in [0.25, 0.3) is 44.3 Å². The van der Waals surface area contributed by atoms with E-state index in [9.17, 15) is 26.4 Å². The molecule has 2 N–H and O–H groups in total. The molecule has 97 heavy (non-hydrogen) atoms. The van der Waals surface area contributed by atoms with Gasteiger partial charge in [-0.2, -0.15) is 0 Å². The molecule has 18 nitrogen and oxygen atoms in total. The fourth-order valence-electron chi connectivity index (χ4n) is 20.7. The number of nitrogens with zero attached hydrogens (tertiary/aromatic N) is 6. The van der Waals surface area contributed by atoms with E-state index in [0.29, 0.717) is 61.7 Å². The maximum atomic E-state index is 15.0. The van der Waals surface area contributed by atoms with Gasteiger partial charge in [0.1, 0.15) is 11.5 Å². The van der Waals surface area contributed by atoms with Crippen LogP contribution in [0, 0.1) is 10.8 Å². The second kappa shape index (κ2) is 24.0. The second-order valence-corrected chi connectivity index (χ2v) is 35.5. The Hall–Kier alpha value is -6.74. The molecule has 4 bridgehead atoms. The van der Waals surface area contributed by atoms with Crippen molar-refractivity contribution < 1.29 is 45.5 Å². The second-order valence-electron chi connectivity index (χ2n) is 31.6. The molecule has 6 aromatic rings. The number of rotatable bonds is 12. The zero-order chi connectivity index (χ0) is 66.6. The standard InChI is InChI=1S/C39H48N4O5S.C38H46N4O5S/c1-41-21-26-13-14-27(22-41)43(26)38(45)39-20-33(39)32-19-28(48-2)15-17-30(32)36-35(24-8-4-3-5-9-24)31-16-12-25(18-34(31)42(36)23-39)37(44)40-49(46,47)29-10-6-7-11-29;1-40-20-25-12-13-26(21-40)42(25)37(44)38-19-32(38)31-18-27(47-2)14-16-29(31)35-34(23-7-4-3-5-8-23)30-15-11-24(17-33(30)41(35)22-38)36(43)39-48(45,46)28-9-6-10-28/h12,15-19,24,26-27,29,33H,3-11,13-14,20-23H2,1-2H3,(H,40,44);11,14-18,23,25-26,28,32H,3-10,12-13,19-22H2,1-2H3,(H,39,43). The van der Waals surface area contributed by atoms with Gasteiger partial charge in [0, 0.05) is 119 Å². The number of amides is 4. The number of likely N-dealkylation sites (N-methyl/N-ethyl adjacent to an activating group) is 2. The highest BCUT2D eigenvalue weighted by molar-refractivity contribution is 7.91. The first-order valence-corrected chi connectivity index (χ1v) is 39.8. The fraction of sp³-hybridized carbons (Fsp3) is 0.584. The van der Waals surface area contributed by atoms with Crippen molar-refractivity contribution in [3.63, 3.8) is 0 Å². The van der Waals surface area contributed by atoms with Crippen LogP contribution in [0.2, 0.25) is 0 Å². The topological polar surface area (TPSA) is 202 Å². The summed E-state index contributed by atoms with van der Waals surface area (Å²) >= 11 is 0. The third-order valence-electron chi connectivity index (χ3n) is 25.9. The van der Waals surface area contributed by atoms with Gasteiger partial charge in [0.2, 0.25) is 31.9 Å². The number of hydrogen-bond donors (Lipinski definition) is 2. The number of benzene rings is 4. The van der Waals surface area contributed by atoms with Crippen molar-refractivity contribution in [3.05, 3.63) is 106 Å². The molecule has 2 aromatic heterocycles. The molecule has 8 heterocycles. The molecule has 8 unspecified atom stereocenters. The molecule has 0 radical (unpaired) electrons. The molecule has 10 fully saturated rings. The molecule has 6 aliphatic heterocycles. The highest BCUT2D eigenvalue weighted by atomic mass is 32.2. The molecular formula is C77H94N8O10S2. The van der Waals surface area contributed by atoms with Gasteiger partial charge in [0.15, 0.2) is 0 Å². The molecule has 0 spiro atoms. The van der Waals surface area contributed by atoms with E-state index >= 15 is 9.59 Å². The summed E-state index contributed by atoms with van der Waals surface area (Å²) in [7, 11) is 0.252. The summed E-state index contributed by atoms with van der Waals surface area (Å²) in [6.07, 6.45) is 22.4. The number of aromatic nitrogens is 2. The maximum Gasteiger partial charge on any atom is 0.264 e. The number of carbonyl (C=O) groups excluding carboxylic acids is 4. The lowest BCUT2D eigenvalue weighted by atomic mass is 9.81. The summed E-state index contributed by atoms with van der Waals surface area (Å²) in [5.74, 6) is 1.92.